The molecule has 6 rings (SSSR count). The number of H-pyrrole nitrogens is 1. The van der Waals surface area contributed by atoms with E-state index in [1.54, 1.807) is 7.11 Å². The van der Waals surface area contributed by atoms with Crippen LogP contribution in [0.25, 0.3) is 22.2 Å². The number of methoxy groups -OCH3 is 1. The molecule has 180 valence electrons. The number of fused-ring (bicyclic) bond motifs is 1. The van der Waals surface area contributed by atoms with Crippen LogP contribution >= 0.6 is 0 Å². The fourth-order valence-corrected chi connectivity index (χ4v) is 5.62. The molecule has 0 spiro atoms. The standard InChI is InChI=1S/C28H32N6O/c1-35-26-10-6-5-9-25(26)33-13-15-34(16-14-33)27-19-29-23-12-11-21(17-24(23)31-27)22-18-30-32-28(22)20-7-3-2-4-8-20/h5-6,9-12,17-20H,2-4,7-8,13-16H2,1H3,(H,30,32). The van der Waals surface area contributed by atoms with Crippen molar-refractivity contribution in [1.82, 2.24) is 20.2 Å². The van der Waals surface area contributed by atoms with Crippen LogP contribution in [0.4, 0.5) is 11.5 Å². The first-order valence-electron chi connectivity index (χ1n) is 12.7. The molecule has 35 heavy (non-hydrogen) atoms. The smallest absolute Gasteiger partial charge is 0.147 e. The fraction of sp³-hybridized carbons (Fsp3) is 0.393. The van der Waals surface area contributed by atoms with Crippen LogP contribution in [-0.2, 0) is 0 Å². The molecule has 7 heteroatoms. The van der Waals surface area contributed by atoms with Crippen LogP contribution in [0, 0.1) is 0 Å². The maximum atomic E-state index is 5.56. The van der Waals surface area contributed by atoms with E-state index in [1.165, 1.54) is 48.9 Å². The van der Waals surface area contributed by atoms with Crippen molar-refractivity contribution in [3.63, 3.8) is 0 Å². The Morgan fingerprint density at radius 3 is 2.51 bits per heavy atom. The minimum atomic E-state index is 0.578. The SMILES string of the molecule is COc1ccccc1N1CCN(c2cnc3ccc(-c4cn[nH]c4C4CCCCC4)cc3n2)CC1. The molecule has 2 aliphatic rings. The molecule has 1 aliphatic heterocycles. The Kier molecular flexibility index (Phi) is 5.98. The highest BCUT2D eigenvalue weighted by Gasteiger charge is 2.23. The largest absolute Gasteiger partial charge is 0.495 e. The van der Waals surface area contributed by atoms with Gasteiger partial charge in [0.2, 0.25) is 0 Å². The molecule has 2 aromatic heterocycles. The number of nitrogens with zero attached hydrogens (tertiary/aromatic N) is 5. The summed E-state index contributed by atoms with van der Waals surface area (Å²) in [6.07, 6.45) is 10.3. The van der Waals surface area contributed by atoms with Gasteiger partial charge >= 0.3 is 0 Å². The second-order valence-corrected chi connectivity index (χ2v) is 9.61. The Bertz CT molecular complexity index is 1300. The third-order valence-electron chi connectivity index (χ3n) is 7.55. The summed E-state index contributed by atoms with van der Waals surface area (Å²) in [5.74, 6) is 2.44. The van der Waals surface area contributed by atoms with Crippen molar-refractivity contribution in [2.24, 2.45) is 0 Å². The predicted molar refractivity (Wildman–Crippen MR) is 140 cm³/mol. The van der Waals surface area contributed by atoms with Gasteiger partial charge in [0.15, 0.2) is 0 Å². The number of hydrogen-bond acceptors (Lipinski definition) is 6. The van der Waals surface area contributed by atoms with Crippen LogP contribution in [-0.4, -0.2) is 53.5 Å². The molecule has 0 atom stereocenters. The number of benzene rings is 2. The zero-order valence-electron chi connectivity index (χ0n) is 20.3. The molecule has 2 aromatic carbocycles. The number of hydrogen-bond donors (Lipinski definition) is 1. The summed E-state index contributed by atoms with van der Waals surface area (Å²) < 4.78 is 5.56. The lowest BCUT2D eigenvalue weighted by atomic mass is 9.84. The molecular weight excluding hydrogens is 436 g/mol. The number of aromatic nitrogens is 4. The summed E-state index contributed by atoms with van der Waals surface area (Å²) in [4.78, 5) is 14.5. The second kappa shape index (κ2) is 9.56. The Morgan fingerprint density at radius 1 is 0.886 bits per heavy atom. The first-order valence-corrected chi connectivity index (χ1v) is 12.7. The third kappa shape index (κ3) is 4.31. The number of nitrogens with one attached hydrogen (secondary N) is 1. The molecule has 0 unspecified atom stereocenters. The van der Waals surface area contributed by atoms with Crippen LogP contribution in [0.1, 0.15) is 43.7 Å². The molecule has 2 fully saturated rings. The van der Waals surface area contributed by atoms with Crippen molar-refractivity contribution in [1.29, 1.82) is 0 Å². The first-order chi connectivity index (χ1) is 17.3. The molecule has 0 radical (unpaired) electrons. The zero-order valence-corrected chi connectivity index (χ0v) is 20.3. The van der Waals surface area contributed by atoms with Gasteiger partial charge in [-0.05, 0) is 42.7 Å². The van der Waals surface area contributed by atoms with Gasteiger partial charge in [0.05, 0.1) is 36.2 Å². The van der Waals surface area contributed by atoms with Gasteiger partial charge < -0.3 is 14.5 Å². The van der Waals surface area contributed by atoms with E-state index in [9.17, 15) is 0 Å². The van der Waals surface area contributed by atoms with Crippen LogP contribution in [0.5, 0.6) is 5.75 Å². The summed E-state index contributed by atoms with van der Waals surface area (Å²) >= 11 is 0. The summed E-state index contributed by atoms with van der Waals surface area (Å²) in [6, 6.07) is 14.6. The predicted octanol–water partition coefficient (Wildman–Crippen LogP) is 5.40. The van der Waals surface area contributed by atoms with E-state index in [-0.39, 0.29) is 0 Å². The van der Waals surface area contributed by atoms with E-state index in [1.807, 2.05) is 24.5 Å². The van der Waals surface area contributed by atoms with Crippen molar-refractivity contribution < 1.29 is 4.74 Å². The van der Waals surface area contributed by atoms with Gasteiger partial charge in [0.1, 0.15) is 11.6 Å². The maximum Gasteiger partial charge on any atom is 0.147 e. The van der Waals surface area contributed by atoms with Crippen LogP contribution < -0.4 is 14.5 Å². The van der Waals surface area contributed by atoms with Crippen molar-refractivity contribution >= 4 is 22.5 Å². The van der Waals surface area contributed by atoms with E-state index in [0.29, 0.717) is 5.92 Å². The van der Waals surface area contributed by atoms with Gasteiger partial charge in [0.25, 0.3) is 0 Å². The van der Waals surface area contributed by atoms with Crippen molar-refractivity contribution in [2.75, 3.05) is 43.1 Å². The van der Waals surface area contributed by atoms with E-state index in [2.05, 4.69) is 50.3 Å². The Labute approximate surface area is 206 Å². The van der Waals surface area contributed by atoms with Crippen LogP contribution in [0.15, 0.2) is 54.9 Å². The molecular formula is C28H32N6O. The first kappa shape index (κ1) is 21.9. The van der Waals surface area contributed by atoms with Crippen LogP contribution in [0.3, 0.4) is 0 Å². The molecule has 0 amide bonds. The fourth-order valence-electron chi connectivity index (χ4n) is 5.62. The summed E-state index contributed by atoms with van der Waals surface area (Å²) in [5, 5.41) is 7.71. The Hall–Kier alpha value is -3.61. The summed E-state index contributed by atoms with van der Waals surface area (Å²) in [5.41, 5.74) is 6.66. The lowest BCUT2D eigenvalue weighted by Gasteiger charge is -2.37. The molecule has 1 saturated carbocycles. The summed E-state index contributed by atoms with van der Waals surface area (Å²) in [6.45, 7) is 3.62. The number of anilines is 2. The van der Waals surface area contributed by atoms with Crippen molar-refractivity contribution in [2.45, 2.75) is 38.0 Å². The molecule has 4 aromatic rings. The highest BCUT2D eigenvalue weighted by atomic mass is 16.5. The number of piperazine rings is 1. The van der Waals surface area contributed by atoms with Crippen LogP contribution in [0.2, 0.25) is 0 Å². The molecule has 0 bridgehead atoms. The molecule has 3 heterocycles. The molecule has 7 nitrogen and oxygen atoms in total. The van der Waals surface area contributed by atoms with Crippen molar-refractivity contribution in [3.05, 3.63) is 60.6 Å². The van der Waals surface area contributed by atoms with Gasteiger partial charge in [-0.2, -0.15) is 5.10 Å². The average Bonchev–Trinajstić information content (AvgIpc) is 3.43. The molecule has 1 N–H and O–H groups in total. The lowest BCUT2D eigenvalue weighted by Crippen LogP contribution is -2.47. The third-order valence-corrected chi connectivity index (χ3v) is 7.55. The number of para-hydroxylation sites is 2. The van der Waals surface area contributed by atoms with Crippen molar-refractivity contribution in [3.8, 4) is 16.9 Å². The average molecular weight is 469 g/mol. The minimum Gasteiger partial charge on any atom is -0.495 e. The normalized spacial score (nSPS) is 17.2. The van der Waals surface area contributed by atoms with E-state index in [4.69, 9.17) is 14.7 Å². The van der Waals surface area contributed by atoms with Gasteiger partial charge in [0, 0.05) is 43.4 Å². The van der Waals surface area contributed by atoms with E-state index < -0.39 is 0 Å². The van der Waals surface area contributed by atoms with E-state index in [0.717, 1.165) is 54.5 Å². The topological polar surface area (TPSA) is 70.2 Å². The number of ether oxygens (including phenoxy) is 1. The maximum absolute atomic E-state index is 5.56. The zero-order chi connectivity index (χ0) is 23.6. The summed E-state index contributed by atoms with van der Waals surface area (Å²) in [7, 11) is 1.73. The lowest BCUT2D eigenvalue weighted by molar-refractivity contribution is 0.413. The van der Waals surface area contributed by atoms with Gasteiger partial charge in [-0.25, -0.2) is 4.98 Å². The number of rotatable bonds is 5. The quantitative estimate of drug-likeness (QED) is 0.423. The number of aromatic amines is 1. The molecule has 1 saturated heterocycles. The highest BCUT2D eigenvalue weighted by molar-refractivity contribution is 5.83. The van der Waals surface area contributed by atoms with E-state index >= 15 is 0 Å². The molecule has 1 aliphatic carbocycles. The Morgan fingerprint density at radius 2 is 1.69 bits per heavy atom. The van der Waals surface area contributed by atoms with Gasteiger partial charge in [-0.3, -0.25) is 10.1 Å². The Balaban J connectivity index is 1.22. The highest BCUT2D eigenvalue weighted by Crippen LogP contribution is 2.37. The minimum absolute atomic E-state index is 0.578. The second-order valence-electron chi connectivity index (χ2n) is 9.61. The van der Waals surface area contributed by atoms with Gasteiger partial charge in [-0.1, -0.05) is 37.5 Å². The monoisotopic (exact) mass is 468 g/mol. The van der Waals surface area contributed by atoms with Gasteiger partial charge in [-0.15, -0.1) is 0 Å².